The van der Waals surface area contributed by atoms with E-state index in [-0.39, 0.29) is 5.82 Å². The lowest BCUT2D eigenvalue weighted by Gasteiger charge is -2.08. The van der Waals surface area contributed by atoms with Gasteiger partial charge in [0.2, 0.25) is 0 Å². The van der Waals surface area contributed by atoms with Crippen LogP contribution in [0.25, 0.3) is 5.69 Å². The fourth-order valence-electron chi connectivity index (χ4n) is 2.08. The highest BCUT2D eigenvalue weighted by Gasteiger charge is 2.10. The summed E-state index contributed by atoms with van der Waals surface area (Å²) in [6.45, 7) is 4.26. The molecule has 2 aromatic heterocycles. The second-order valence-electron chi connectivity index (χ2n) is 4.66. The second-order valence-corrected chi connectivity index (χ2v) is 4.66. The van der Waals surface area contributed by atoms with E-state index in [1.807, 2.05) is 13.8 Å². The average molecular weight is 287 g/mol. The molecule has 0 atom stereocenters. The van der Waals surface area contributed by atoms with Crippen LogP contribution in [0.1, 0.15) is 17.0 Å². The first kappa shape index (κ1) is 13.3. The van der Waals surface area contributed by atoms with Gasteiger partial charge in [-0.3, -0.25) is 0 Å². The summed E-state index contributed by atoms with van der Waals surface area (Å²) in [7, 11) is 0. The Morgan fingerprint density at radius 2 is 2.19 bits per heavy atom. The minimum absolute atomic E-state index is 0.357. The summed E-state index contributed by atoms with van der Waals surface area (Å²) < 4.78 is 20.6. The van der Waals surface area contributed by atoms with Crippen molar-refractivity contribution in [2.45, 2.75) is 20.4 Å². The van der Waals surface area contributed by atoms with Crippen LogP contribution in [0.15, 0.2) is 35.4 Å². The van der Waals surface area contributed by atoms with E-state index in [0.29, 0.717) is 17.9 Å². The molecule has 7 heteroatoms. The van der Waals surface area contributed by atoms with Crippen molar-refractivity contribution < 1.29 is 8.91 Å². The van der Waals surface area contributed by atoms with Crippen LogP contribution in [0.4, 0.5) is 10.1 Å². The van der Waals surface area contributed by atoms with Gasteiger partial charge in [-0.25, -0.2) is 14.1 Å². The third-order valence-corrected chi connectivity index (χ3v) is 3.26. The van der Waals surface area contributed by atoms with E-state index < -0.39 is 0 Å². The van der Waals surface area contributed by atoms with Crippen LogP contribution in [0.3, 0.4) is 0 Å². The number of aryl methyl sites for hydroxylation is 2. The Morgan fingerprint density at radius 3 is 2.81 bits per heavy atom. The van der Waals surface area contributed by atoms with Gasteiger partial charge in [-0.15, -0.1) is 0 Å². The Bertz CT molecular complexity index is 731. The first-order valence-corrected chi connectivity index (χ1v) is 6.45. The van der Waals surface area contributed by atoms with Gasteiger partial charge >= 0.3 is 0 Å². The van der Waals surface area contributed by atoms with Crippen LogP contribution in [-0.4, -0.2) is 19.9 Å². The molecule has 1 N–H and O–H groups in total. The Morgan fingerprint density at radius 1 is 1.33 bits per heavy atom. The van der Waals surface area contributed by atoms with Gasteiger partial charge in [0.05, 0.1) is 5.69 Å². The molecule has 21 heavy (non-hydrogen) atoms. The van der Waals surface area contributed by atoms with Crippen molar-refractivity contribution in [1.82, 2.24) is 19.9 Å². The molecular weight excluding hydrogens is 273 g/mol. The number of benzene rings is 1. The molecule has 2 heterocycles. The highest BCUT2D eigenvalue weighted by Crippen LogP contribution is 2.19. The average Bonchev–Trinajstić information content (AvgIpc) is 3.08. The maximum atomic E-state index is 14.1. The number of nitrogens with one attached hydrogen (secondary N) is 1. The monoisotopic (exact) mass is 287 g/mol. The largest absolute Gasteiger partial charge is 0.381 e. The summed E-state index contributed by atoms with van der Waals surface area (Å²) >= 11 is 0. The zero-order valence-corrected chi connectivity index (χ0v) is 11.7. The van der Waals surface area contributed by atoms with Gasteiger partial charge in [-0.1, -0.05) is 5.16 Å². The number of hydrogen-bond donors (Lipinski definition) is 1. The summed E-state index contributed by atoms with van der Waals surface area (Å²) in [5.74, 6) is 0.393. The molecule has 0 amide bonds. The predicted octanol–water partition coefficient (Wildman–Crippen LogP) is 2.62. The van der Waals surface area contributed by atoms with Crippen LogP contribution in [0, 0.1) is 19.7 Å². The lowest BCUT2D eigenvalue weighted by molar-refractivity contribution is 0.392. The van der Waals surface area contributed by atoms with Crippen molar-refractivity contribution in [3.8, 4) is 5.69 Å². The molecule has 0 aliphatic rings. The van der Waals surface area contributed by atoms with Gasteiger partial charge in [-0.2, -0.15) is 5.10 Å². The van der Waals surface area contributed by atoms with Crippen LogP contribution >= 0.6 is 0 Å². The van der Waals surface area contributed by atoms with Crippen molar-refractivity contribution in [3.63, 3.8) is 0 Å². The van der Waals surface area contributed by atoms with Crippen molar-refractivity contribution in [1.29, 1.82) is 0 Å². The smallest absolute Gasteiger partial charge is 0.150 e. The Balaban J connectivity index is 1.77. The van der Waals surface area contributed by atoms with Crippen LogP contribution in [-0.2, 0) is 6.54 Å². The number of aromatic nitrogens is 4. The third-order valence-electron chi connectivity index (χ3n) is 3.26. The summed E-state index contributed by atoms with van der Waals surface area (Å²) in [5, 5.41) is 11.0. The lowest BCUT2D eigenvalue weighted by atomic mass is 10.2. The molecule has 0 spiro atoms. The summed E-state index contributed by atoms with van der Waals surface area (Å²) in [4.78, 5) is 3.80. The molecule has 0 unspecified atom stereocenters. The van der Waals surface area contributed by atoms with Crippen LogP contribution in [0.5, 0.6) is 0 Å². The number of nitrogens with zero attached hydrogens (tertiary/aromatic N) is 4. The maximum absolute atomic E-state index is 14.1. The number of hydrogen-bond acceptors (Lipinski definition) is 5. The van der Waals surface area contributed by atoms with E-state index in [9.17, 15) is 4.39 Å². The van der Waals surface area contributed by atoms with Crippen molar-refractivity contribution in [2.75, 3.05) is 5.32 Å². The van der Waals surface area contributed by atoms with Gasteiger partial charge < -0.3 is 9.84 Å². The van der Waals surface area contributed by atoms with Crippen LogP contribution < -0.4 is 5.32 Å². The molecule has 0 aliphatic carbocycles. The number of halogens is 1. The minimum Gasteiger partial charge on any atom is -0.381 e. The van der Waals surface area contributed by atoms with E-state index in [4.69, 9.17) is 4.52 Å². The molecule has 0 radical (unpaired) electrons. The van der Waals surface area contributed by atoms with Gasteiger partial charge in [0.15, 0.2) is 5.82 Å². The SMILES string of the molecule is Cc1noc(C)c1CNc1ccc(-n2cncn2)c(F)c1. The molecule has 1 aromatic carbocycles. The highest BCUT2D eigenvalue weighted by atomic mass is 19.1. The predicted molar refractivity (Wildman–Crippen MR) is 74.6 cm³/mol. The quantitative estimate of drug-likeness (QED) is 0.799. The standard InChI is InChI=1S/C14H14FN5O/c1-9-12(10(2)21-19-9)6-17-11-3-4-14(13(15)5-11)20-8-16-7-18-20/h3-5,7-8,17H,6H2,1-2H3. The highest BCUT2D eigenvalue weighted by molar-refractivity contribution is 5.50. The molecule has 3 aromatic rings. The number of rotatable bonds is 4. The van der Waals surface area contributed by atoms with Crippen molar-refractivity contribution in [2.24, 2.45) is 0 Å². The van der Waals surface area contributed by atoms with Gasteiger partial charge in [0.25, 0.3) is 0 Å². The fraction of sp³-hybridized carbons (Fsp3) is 0.214. The summed E-state index contributed by atoms with van der Waals surface area (Å²) in [6.07, 6.45) is 2.82. The molecule has 0 saturated carbocycles. The van der Waals surface area contributed by atoms with Crippen LogP contribution in [0.2, 0.25) is 0 Å². The second kappa shape index (κ2) is 5.35. The van der Waals surface area contributed by atoms with E-state index in [0.717, 1.165) is 17.0 Å². The van der Waals surface area contributed by atoms with Gasteiger partial charge in [0.1, 0.15) is 24.1 Å². The van der Waals surface area contributed by atoms with Crippen molar-refractivity contribution in [3.05, 3.63) is 53.7 Å². The van der Waals surface area contributed by atoms with E-state index in [1.54, 1.807) is 12.1 Å². The number of anilines is 1. The molecule has 0 bridgehead atoms. The minimum atomic E-state index is -0.371. The zero-order valence-electron chi connectivity index (χ0n) is 11.7. The fourth-order valence-corrected chi connectivity index (χ4v) is 2.08. The van der Waals surface area contributed by atoms with E-state index in [1.165, 1.54) is 23.4 Å². The van der Waals surface area contributed by atoms with Gasteiger partial charge in [-0.05, 0) is 32.0 Å². The van der Waals surface area contributed by atoms with E-state index >= 15 is 0 Å². The Kier molecular flexibility index (Phi) is 3.39. The maximum Gasteiger partial charge on any atom is 0.150 e. The first-order chi connectivity index (χ1) is 10.1. The lowest BCUT2D eigenvalue weighted by Crippen LogP contribution is -2.03. The Labute approximate surface area is 120 Å². The molecule has 0 saturated heterocycles. The summed E-state index contributed by atoms with van der Waals surface area (Å²) in [6, 6.07) is 4.87. The zero-order chi connectivity index (χ0) is 14.8. The topological polar surface area (TPSA) is 68.8 Å². The van der Waals surface area contributed by atoms with Crippen molar-refractivity contribution >= 4 is 5.69 Å². The normalized spacial score (nSPS) is 10.8. The molecule has 0 aliphatic heterocycles. The van der Waals surface area contributed by atoms with E-state index in [2.05, 4.69) is 20.6 Å². The molecular formula is C14H14FN5O. The molecule has 6 nitrogen and oxygen atoms in total. The first-order valence-electron chi connectivity index (χ1n) is 6.45. The summed E-state index contributed by atoms with van der Waals surface area (Å²) in [5.41, 5.74) is 2.85. The molecule has 108 valence electrons. The molecule has 0 fully saturated rings. The molecule has 3 rings (SSSR count). The Hall–Kier alpha value is -2.70. The van der Waals surface area contributed by atoms with Gasteiger partial charge in [0, 0.05) is 17.8 Å². The third kappa shape index (κ3) is 2.62.